The maximum Gasteiger partial charge on any atom is 0.254 e. The van der Waals surface area contributed by atoms with Crippen molar-refractivity contribution in [3.05, 3.63) is 107 Å². The van der Waals surface area contributed by atoms with Crippen LogP contribution in [0.15, 0.2) is 78.9 Å². The van der Waals surface area contributed by atoms with Crippen molar-refractivity contribution in [1.82, 2.24) is 15.1 Å². The lowest BCUT2D eigenvalue weighted by Crippen LogP contribution is -2.55. The molecule has 0 spiro atoms. The highest BCUT2D eigenvalue weighted by Gasteiger charge is 2.42. The number of benzene rings is 3. The lowest BCUT2D eigenvalue weighted by atomic mass is 9.80. The van der Waals surface area contributed by atoms with Crippen molar-refractivity contribution in [1.29, 1.82) is 0 Å². The number of rotatable bonds is 7. The summed E-state index contributed by atoms with van der Waals surface area (Å²) in [4.78, 5) is 29.5. The summed E-state index contributed by atoms with van der Waals surface area (Å²) in [6.45, 7) is 4.62. The summed E-state index contributed by atoms with van der Waals surface area (Å²) in [5.41, 5.74) is 0.777. The lowest BCUT2D eigenvalue weighted by Gasteiger charge is -2.46. The highest BCUT2D eigenvalue weighted by atomic mass is 35.5. The third-order valence-electron chi connectivity index (χ3n) is 8.22. The second-order valence-electron chi connectivity index (χ2n) is 10.8. The Morgan fingerprint density at radius 3 is 2.14 bits per heavy atom. The van der Waals surface area contributed by atoms with Gasteiger partial charge in [-0.1, -0.05) is 54.6 Å². The monoisotopic (exact) mass is 601 g/mol. The molecule has 0 bridgehead atoms. The standard InChI is InChI=1S/C32H35F2N3O3.ClH.H2O/c1-24(38)35-31(26-10-6-3-7-11-26)14-17-36(18-15-31)19-16-32(27-12-13-28(33)29(34)22-27)23-37(20-21-40-32)30(39)25-8-4-2-5-9-25;;/h2-13,22H,14-21,23H2,1H3,(H,35,38);1H;1H2. The molecule has 2 aliphatic heterocycles. The van der Waals surface area contributed by atoms with E-state index >= 15 is 0 Å². The number of hydrogen-bond acceptors (Lipinski definition) is 4. The molecule has 3 aromatic rings. The zero-order valence-corrected chi connectivity index (χ0v) is 24.5. The molecule has 0 saturated carbocycles. The molecule has 42 heavy (non-hydrogen) atoms. The van der Waals surface area contributed by atoms with E-state index in [1.807, 2.05) is 36.4 Å². The summed E-state index contributed by atoms with van der Waals surface area (Å²) < 4.78 is 34.6. The number of halogens is 3. The van der Waals surface area contributed by atoms with Gasteiger partial charge in [0.1, 0.15) is 5.60 Å². The number of piperidine rings is 1. The smallest absolute Gasteiger partial charge is 0.254 e. The van der Waals surface area contributed by atoms with Gasteiger partial charge >= 0.3 is 0 Å². The quantitative estimate of drug-likeness (QED) is 0.433. The molecular formula is C32H38ClF2N3O4. The molecular weight excluding hydrogens is 564 g/mol. The number of carbonyl (C=O) groups is 2. The van der Waals surface area contributed by atoms with Gasteiger partial charge in [-0.25, -0.2) is 8.78 Å². The van der Waals surface area contributed by atoms with Crippen LogP contribution in [0.3, 0.4) is 0 Å². The fourth-order valence-electron chi connectivity index (χ4n) is 6.05. The second kappa shape index (κ2) is 14.2. The van der Waals surface area contributed by atoms with E-state index in [9.17, 15) is 18.4 Å². The summed E-state index contributed by atoms with van der Waals surface area (Å²) in [6.07, 6.45) is 1.98. The van der Waals surface area contributed by atoms with E-state index in [0.717, 1.165) is 37.6 Å². The maximum absolute atomic E-state index is 14.4. The normalized spacial score (nSPS) is 20.1. The Bertz CT molecular complexity index is 1340. The first-order chi connectivity index (χ1) is 19.3. The van der Waals surface area contributed by atoms with Gasteiger partial charge < -0.3 is 25.3 Å². The van der Waals surface area contributed by atoms with Gasteiger partial charge in [-0.05, 0) is 54.7 Å². The topological polar surface area (TPSA) is 93.4 Å². The molecule has 2 amide bonds. The molecule has 1 unspecified atom stereocenters. The minimum absolute atomic E-state index is 0. The zero-order chi connectivity index (χ0) is 28.2. The molecule has 2 heterocycles. The van der Waals surface area contributed by atoms with E-state index in [-0.39, 0.29) is 42.8 Å². The van der Waals surface area contributed by atoms with Crippen molar-refractivity contribution < 1.29 is 28.6 Å². The molecule has 2 saturated heterocycles. The van der Waals surface area contributed by atoms with Gasteiger partial charge in [0.15, 0.2) is 11.6 Å². The van der Waals surface area contributed by atoms with Crippen LogP contribution in [0.4, 0.5) is 8.78 Å². The average molecular weight is 602 g/mol. The molecule has 0 aliphatic carbocycles. The molecule has 5 rings (SSSR count). The highest BCUT2D eigenvalue weighted by molar-refractivity contribution is 5.94. The summed E-state index contributed by atoms with van der Waals surface area (Å²) in [5, 5.41) is 3.20. The fraction of sp³-hybridized carbons (Fsp3) is 0.375. The zero-order valence-electron chi connectivity index (χ0n) is 23.7. The molecule has 3 N–H and O–H groups in total. The van der Waals surface area contributed by atoms with E-state index in [2.05, 4.69) is 22.3 Å². The number of hydrogen-bond donors (Lipinski definition) is 1. The van der Waals surface area contributed by atoms with Crippen LogP contribution in [0.1, 0.15) is 47.7 Å². The van der Waals surface area contributed by atoms with Crippen LogP contribution in [-0.2, 0) is 20.7 Å². The number of carbonyl (C=O) groups excluding carboxylic acids is 2. The lowest BCUT2D eigenvalue weighted by molar-refractivity contribution is -0.122. The first-order valence-electron chi connectivity index (χ1n) is 13.8. The third-order valence-corrected chi connectivity index (χ3v) is 8.22. The van der Waals surface area contributed by atoms with Gasteiger partial charge in [-0.3, -0.25) is 9.59 Å². The Balaban J connectivity index is 0.00000242. The molecule has 2 aliphatic rings. The number of ether oxygens (including phenoxy) is 1. The van der Waals surface area contributed by atoms with Crippen LogP contribution >= 0.6 is 12.4 Å². The summed E-state index contributed by atoms with van der Waals surface area (Å²) in [5.74, 6) is -2.03. The van der Waals surface area contributed by atoms with Gasteiger partial charge in [0.2, 0.25) is 5.91 Å². The van der Waals surface area contributed by atoms with E-state index in [1.165, 1.54) is 6.07 Å². The van der Waals surface area contributed by atoms with Crippen molar-refractivity contribution in [3.63, 3.8) is 0 Å². The van der Waals surface area contributed by atoms with Crippen LogP contribution in [0, 0.1) is 11.6 Å². The molecule has 1 atom stereocenters. The van der Waals surface area contributed by atoms with Gasteiger partial charge in [-0.2, -0.15) is 0 Å². The third kappa shape index (κ3) is 7.15. The number of likely N-dealkylation sites (tertiary alicyclic amines) is 1. The van der Waals surface area contributed by atoms with Crippen LogP contribution in [0.25, 0.3) is 0 Å². The average Bonchev–Trinajstić information content (AvgIpc) is 2.98. The SMILES string of the molecule is CC(=O)NC1(c2ccccc2)CCN(CCC2(c3ccc(F)c(F)c3)CN(C(=O)c3ccccc3)CCO2)CC1.Cl.O. The minimum Gasteiger partial charge on any atom is -0.412 e. The van der Waals surface area contributed by atoms with E-state index in [4.69, 9.17) is 4.74 Å². The Morgan fingerprint density at radius 2 is 1.52 bits per heavy atom. The van der Waals surface area contributed by atoms with E-state index in [0.29, 0.717) is 30.6 Å². The summed E-state index contributed by atoms with van der Waals surface area (Å²) in [7, 11) is 0. The molecule has 10 heteroatoms. The van der Waals surface area contributed by atoms with Gasteiger partial charge in [-0.15, -0.1) is 12.4 Å². The van der Waals surface area contributed by atoms with Crippen LogP contribution in [0.2, 0.25) is 0 Å². The molecule has 7 nitrogen and oxygen atoms in total. The Hall–Kier alpha value is -3.37. The summed E-state index contributed by atoms with van der Waals surface area (Å²) in [6, 6.07) is 23.0. The summed E-state index contributed by atoms with van der Waals surface area (Å²) >= 11 is 0. The van der Waals surface area contributed by atoms with Gasteiger partial charge in [0.25, 0.3) is 5.91 Å². The maximum atomic E-state index is 14.4. The van der Waals surface area contributed by atoms with E-state index in [1.54, 1.807) is 30.0 Å². The van der Waals surface area contributed by atoms with Crippen molar-refractivity contribution in [2.75, 3.05) is 39.3 Å². The van der Waals surface area contributed by atoms with Crippen LogP contribution in [-0.4, -0.2) is 66.4 Å². The molecule has 226 valence electrons. The van der Waals surface area contributed by atoms with Crippen molar-refractivity contribution in [2.24, 2.45) is 0 Å². The molecule has 0 aromatic heterocycles. The number of nitrogens with zero attached hydrogens (tertiary/aromatic N) is 2. The van der Waals surface area contributed by atoms with Crippen molar-refractivity contribution in [2.45, 2.75) is 37.3 Å². The van der Waals surface area contributed by atoms with Gasteiger partial charge in [0, 0.05) is 38.7 Å². The van der Waals surface area contributed by atoms with Crippen LogP contribution in [0.5, 0.6) is 0 Å². The second-order valence-corrected chi connectivity index (χ2v) is 10.8. The predicted molar refractivity (Wildman–Crippen MR) is 159 cm³/mol. The molecule has 0 radical (unpaired) electrons. The Morgan fingerprint density at radius 1 is 0.881 bits per heavy atom. The highest BCUT2D eigenvalue weighted by Crippen LogP contribution is 2.37. The predicted octanol–water partition coefficient (Wildman–Crippen LogP) is 4.45. The Kier molecular flexibility index (Phi) is 11.2. The van der Waals surface area contributed by atoms with Crippen molar-refractivity contribution >= 4 is 24.2 Å². The van der Waals surface area contributed by atoms with Crippen molar-refractivity contribution in [3.8, 4) is 0 Å². The number of morpholine rings is 1. The van der Waals surface area contributed by atoms with Crippen LogP contribution < -0.4 is 5.32 Å². The molecule has 3 aromatic carbocycles. The first kappa shape index (κ1) is 33.1. The molecule has 2 fully saturated rings. The fourth-order valence-corrected chi connectivity index (χ4v) is 6.05. The van der Waals surface area contributed by atoms with Gasteiger partial charge in [0.05, 0.1) is 18.7 Å². The number of nitrogens with one attached hydrogen (secondary N) is 1. The largest absolute Gasteiger partial charge is 0.412 e. The minimum atomic E-state index is -0.983. The Labute approximate surface area is 251 Å². The van der Waals surface area contributed by atoms with E-state index < -0.39 is 22.8 Å². The first-order valence-corrected chi connectivity index (χ1v) is 13.8. The number of amides is 2.